The van der Waals surface area contributed by atoms with Crippen LogP contribution in [0.25, 0.3) is 0 Å². The van der Waals surface area contributed by atoms with Crippen LogP contribution in [0.3, 0.4) is 0 Å². The highest BCUT2D eigenvalue weighted by Crippen LogP contribution is 2.39. The molecule has 1 atom stereocenters. The second-order valence-corrected chi connectivity index (χ2v) is 11.1. The Bertz CT molecular complexity index is 407. The van der Waals surface area contributed by atoms with E-state index in [0.29, 0.717) is 0 Å². The van der Waals surface area contributed by atoms with Crippen molar-refractivity contribution in [3.63, 3.8) is 0 Å². The number of hydrogen-bond donors (Lipinski definition) is 3. The van der Waals surface area contributed by atoms with Crippen LogP contribution in [0.5, 0.6) is 0 Å². The number of phosphoric acid groups is 1. The zero-order valence-corrected chi connectivity index (χ0v) is 24.2. The maximum atomic E-state index is 10.9. The molecular formula is C28H62NO4P. The van der Waals surface area contributed by atoms with Gasteiger partial charge in [0.25, 0.3) is 0 Å². The summed E-state index contributed by atoms with van der Waals surface area (Å²) in [6.07, 6.45) is 28.4. The maximum absolute atomic E-state index is 10.9. The van der Waals surface area contributed by atoms with Gasteiger partial charge in [-0.15, -0.1) is 0 Å². The van der Waals surface area contributed by atoms with Gasteiger partial charge in [-0.1, -0.05) is 149 Å². The Kier molecular flexibility index (Phi) is 31.2. The first-order valence-electron chi connectivity index (χ1n) is 14.8. The van der Waals surface area contributed by atoms with Gasteiger partial charge in [-0.3, -0.25) is 4.52 Å². The van der Waals surface area contributed by atoms with E-state index in [0.717, 1.165) is 45.1 Å². The van der Waals surface area contributed by atoms with Crippen molar-refractivity contribution in [1.82, 2.24) is 0 Å². The van der Waals surface area contributed by atoms with Gasteiger partial charge in [0.1, 0.15) is 0 Å². The first kappa shape index (κ1) is 36.2. The number of nitrogens with two attached hydrogens (primary N) is 1. The molecule has 6 heteroatoms. The summed E-state index contributed by atoms with van der Waals surface area (Å²) in [5.74, 6) is 0. The fourth-order valence-corrected chi connectivity index (χ4v) is 4.79. The van der Waals surface area contributed by atoms with Gasteiger partial charge in [0.05, 0.1) is 6.10 Å². The quantitative estimate of drug-likeness (QED) is 0.0845. The summed E-state index contributed by atoms with van der Waals surface area (Å²) >= 11 is 0. The van der Waals surface area contributed by atoms with Crippen molar-refractivity contribution < 1.29 is 18.9 Å². The van der Waals surface area contributed by atoms with Crippen LogP contribution in [-0.4, -0.2) is 22.4 Å². The molecule has 0 amide bonds. The lowest BCUT2D eigenvalue weighted by Gasteiger charge is -2.17. The molecule has 0 aliphatic rings. The van der Waals surface area contributed by atoms with Crippen LogP contribution in [0.15, 0.2) is 0 Å². The van der Waals surface area contributed by atoms with Gasteiger partial charge < -0.3 is 15.5 Å². The third kappa shape index (κ3) is 34.2. The second kappa shape index (κ2) is 29.3. The molecule has 0 aliphatic heterocycles. The van der Waals surface area contributed by atoms with Crippen LogP contribution in [0.2, 0.25) is 0 Å². The summed E-state index contributed by atoms with van der Waals surface area (Å²) in [5, 5.41) is 0. The molecule has 0 fully saturated rings. The summed E-state index contributed by atoms with van der Waals surface area (Å²) in [4.78, 5) is 17.8. The maximum Gasteiger partial charge on any atom is 0.469 e. The zero-order valence-electron chi connectivity index (χ0n) is 23.3. The van der Waals surface area contributed by atoms with E-state index in [1.165, 1.54) is 109 Å². The van der Waals surface area contributed by atoms with Crippen LogP contribution in [0.1, 0.15) is 168 Å². The molecule has 0 spiro atoms. The normalized spacial score (nSPS) is 12.4. The summed E-state index contributed by atoms with van der Waals surface area (Å²) in [6, 6.07) is 0. The average Bonchev–Trinajstić information content (AvgIpc) is 2.80. The summed E-state index contributed by atoms with van der Waals surface area (Å²) in [7, 11) is -4.34. The fraction of sp³-hybridized carbons (Fsp3) is 1.00. The van der Waals surface area contributed by atoms with Crippen molar-refractivity contribution in [3.05, 3.63) is 0 Å². The standard InChI is InChI=1S/C16H35O4P.C12H27N/c1-3-5-7-8-9-10-11-12-13-15-16(14-6-4-2)20-21(17,18)19;1-2-3-4-5-6-7-8-9-10-11-12-13/h16H,3-15H2,1-2H3,(H2,17,18,19);2-13H2,1H3. The first-order chi connectivity index (χ1) is 16.4. The monoisotopic (exact) mass is 507 g/mol. The molecule has 34 heavy (non-hydrogen) atoms. The van der Waals surface area contributed by atoms with E-state index in [2.05, 4.69) is 20.8 Å². The van der Waals surface area contributed by atoms with Gasteiger partial charge in [0.15, 0.2) is 0 Å². The molecule has 0 rings (SSSR count). The molecule has 1 unspecified atom stereocenters. The van der Waals surface area contributed by atoms with E-state index in [4.69, 9.17) is 20.0 Å². The lowest BCUT2D eigenvalue weighted by molar-refractivity contribution is 0.116. The Labute approximate surface area is 213 Å². The van der Waals surface area contributed by atoms with Gasteiger partial charge in [-0.2, -0.15) is 0 Å². The molecular weight excluding hydrogens is 445 g/mol. The molecule has 0 saturated heterocycles. The van der Waals surface area contributed by atoms with E-state index < -0.39 is 7.82 Å². The molecule has 0 radical (unpaired) electrons. The topological polar surface area (TPSA) is 92.8 Å². The van der Waals surface area contributed by atoms with Crippen LogP contribution in [0.4, 0.5) is 0 Å². The van der Waals surface area contributed by atoms with Crippen LogP contribution >= 0.6 is 7.82 Å². The number of rotatable bonds is 25. The minimum atomic E-state index is -4.34. The molecule has 0 aromatic heterocycles. The Morgan fingerprint density at radius 3 is 1.24 bits per heavy atom. The van der Waals surface area contributed by atoms with E-state index in [-0.39, 0.29) is 6.10 Å². The number of unbranched alkanes of at least 4 members (excludes halogenated alkanes) is 18. The highest BCUT2D eigenvalue weighted by Gasteiger charge is 2.21. The molecule has 0 heterocycles. The van der Waals surface area contributed by atoms with Crippen LogP contribution in [-0.2, 0) is 9.09 Å². The van der Waals surface area contributed by atoms with Gasteiger partial charge in [-0.25, -0.2) is 4.57 Å². The molecule has 0 bridgehead atoms. The number of hydrogen-bond acceptors (Lipinski definition) is 3. The van der Waals surface area contributed by atoms with Gasteiger partial charge in [0, 0.05) is 0 Å². The molecule has 4 N–H and O–H groups in total. The zero-order chi connectivity index (χ0) is 25.8. The molecule has 0 aromatic rings. The highest BCUT2D eigenvalue weighted by atomic mass is 31.2. The molecule has 5 nitrogen and oxygen atoms in total. The smallest absolute Gasteiger partial charge is 0.330 e. The van der Waals surface area contributed by atoms with Crippen molar-refractivity contribution in [1.29, 1.82) is 0 Å². The minimum Gasteiger partial charge on any atom is -0.330 e. The Morgan fingerprint density at radius 1 is 0.559 bits per heavy atom. The van der Waals surface area contributed by atoms with Crippen molar-refractivity contribution >= 4 is 7.82 Å². The van der Waals surface area contributed by atoms with Gasteiger partial charge >= 0.3 is 7.82 Å². The highest BCUT2D eigenvalue weighted by molar-refractivity contribution is 7.46. The molecule has 0 saturated carbocycles. The predicted octanol–water partition coefficient (Wildman–Crippen LogP) is 9.44. The first-order valence-corrected chi connectivity index (χ1v) is 16.4. The minimum absolute atomic E-state index is 0.282. The van der Waals surface area contributed by atoms with Crippen molar-refractivity contribution in [2.24, 2.45) is 5.73 Å². The Balaban J connectivity index is 0. The predicted molar refractivity (Wildman–Crippen MR) is 149 cm³/mol. The largest absolute Gasteiger partial charge is 0.469 e. The van der Waals surface area contributed by atoms with E-state index >= 15 is 0 Å². The average molecular weight is 508 g/mol. The van der Waals surface area contributed by atoms with E-state index in [1.807, 2.05) is 0 Å². The van der Waals surface area contributed by atoms with Crippen LogP contribution < -0.4 is 5.73 Å². The molecule has 0 aromatic carbocycles. The summed E-state index contributed by atoms with van der Waals surface area (Å²) < 4.78 is 15.8. The molecule has 208 valence electrons. The summed E-state index contributed by atoms with van der Waals surface area (Å²) in [6.45, 7) is 7.45. The number of phosphoric ester groups is 1. The second-order valence-electron chi connectivity index (χ2n) is 9.95. The van der Waals surface area contributed by atoms with Gasteiger partial charge in [0.2, 0.25) is 0 Å². The van der Waals surface area contributed by atoms with Gasteiger partial charge in [-0.05, 0) is 25.8 Å². The lowest BCUT2D eigenvalue weighted by atomic mass is 10.0. The van der Waals surface area contributed by atoms with E-state index in [1.54, 1.807) is 0 Å². The SMILES string of the molecule is CCCCCCCCCCCC(CCCC)OP(=O)(O)O.CCCCCCCCCCCCN. The summed E-state index contributed by atoms with van der Waals surface area (Å²) in [5.41, 5.74) is 5.42. The van der Waals surface area contributed by atoms with Crippen molar-refractivity contribution in [2.75, 3.05) is 6.54 Å². The Morgan fingerprint density at radius 2 is 0.882 bits per heavy atom. The third-order valence-electron chi connectivity index (χ3n) is 6.35. The van der Waals surface area contributed by atoms with E-state index in [9.17, 15) is 4.57 Å². The molecule has 0 aliphatic carbocycles. The van der Waals surface area contributed by atoms with Crippen molar-refractivity contribution in [3.8, 4) is 0 Å². The fourth-order valence-electron chi connectivity index (χ4n) is 4.19. The Hall–Kier alpha value is 0.0700. The van der Waals surface area contributed by atoms with Crippen LogP contribution in [0, 0.1) is 0 Å². The third-order valence-corrected chi connectivity index (χ3v) is 6.93. The van der Waals surface area contributed by atoms with Crippen molar-refractivity contribution in [2.45, 2.75) is 175 Å². The lowest BCUT2D eigenvalue weighted by Crippen LogP contribution is -2.11.